The molecule has 0 aromatic heterocycles. The molecule has 0 heterocycles. The quantitative estimate of drug-likeness (QED) is 0.830. The third kappa shape index (κ3) is 4.72. The Kier molecular flexibility index (Phi) is 5.11. The number of benzene rings is 2. The summed E-state index contributed by atoms with van der Waals surface area (Å²) in [5, 5.41) is 8.78. The first-order chi connectivity index (χ1) is 10.0. The molecule has 0 radical (unpaired) electrons. The molecular formula is C16H14BrNO3. The number of ether oxygens (including phenoxy) is 1. The predicted octanol–water partition coefficient (Wildman–Crippen LogP) is 4.05. The van der Waals surface area contributed by atoms with Gasteiger partial charge in [-0.15, -0.1) is 0 Å². The van der Waals surface area contributed by atoms with Gasteiger partial charge in [-0.1, -0.05) is 22.0 Å². The Morgan fingerprint density at radius 1 is 1.29 bits per heavy atom. The summed E-state index contributed by atoms with van der Waals surface area (Å²) in [5.74, 6) is -0.472. The molecule has 0 bridgehead atoms. The summed E-state index contributed by atoms with van der Waals surface area (Å²) < 4.78 is 6.23. The molecule has 0 unspecified atom stereocenters. The molecule has 0 aliphatic heterocycles. The lowest BCUT2D eigenvalue weighted by Gasteiger charge is -2.09. The van der Waals surface area contributed by atoms with E-state index >= 15 is 0 Å². The average Bonchev–Trinajstić information content (AvgIpc) is 2.46. The number of aliphatic imine (C=N–C) groups is 1. The second-order valence-electron chi connectivity index (χ2n) is 4.41. The summed E-state index contributed by atoms with van der Waals surface area (Å²) in [6.07, 6.45) is 0.873. The van der Waals surface area contributed by atoms with Crippen LogP contribution in [0.3, 0.4) is 0 Å². The number of hydrogen-bond donors (Lipinski definition) is 1. The molecule has 5 heteroatoms. The first-order valence-corrected chi connectivity index (χ1v) is 7.13. The Balaban J connectivity index is 2.04. The minimum Gasteiger partial charge on any atom is -0.479 e. The summed E-state index contributed by atoms with van der Waals surface area (Å²) in [7, 11) is 0. The number of carboxylic acid groups (broad SMARTS) is 1. The second-order valence-corrected chi connectivity index (χ2v) is 5.32. The van der Waals surface area contributed by atoms with Crippen molar-refractivity contribution >= 4 is 33.8 Å². The van der Waals surface area contributed by atoms with Crippen LogP contribution in [0.5, 0.6) is 5.75 Å². The van der Waals surface area contributed by atoms with Crippen LogP contribution < -0.4 is 4.74 Å². The molecule has 0 amide bonds. The van der Waals surface area contributed by atoms with Crippen molar-refractivity contribution in [3.05, 3.63) is 58.6 Å². The van der Waals surface area contributed by atoms with Gasteiger partial charge in [0.25, 0.3) is 0 Å². The molecule has 2 rings (SSSR count). The Bertz CT molecular complexity index is 653. The van der Waals surface area contributed by atoms with Gasteiger partial charge in [0.1, 0.15) is 5.75 Å². The highest BCUT2D eigenvalue weighted by Gasteiger charge is 2.11. The van der Waals surface area contributed by atoms with E-state index in [9.17, 15) is 4.79 Å². The number of halogens is 1. The third-order valence-corrected chi connectivity index (χ3v) is 3.20. The maximum atomic E-state index is 10.7. The Morgan fingerprint density at radius 3 is 2.62 bits per heavy atom. The van der Waals surface area contributed by atoms with Crippen molar-refractivity contribution in [2.45, 2.75) is 13.0 Å². The van der Waals surface area contributed by atoms with Gasteiger partial charge in [0.15, 0.2) is 6.10 Å². The van der Waals surface area contributed by atoms with Crippen molar-refractivity contribution < 1.29 is 14.6 Å². The van der Waals surface area contributed by atoms with E-state index in [-0.39, 0.29) is 0 Å². The number of carboxylic acids is 1. The lowest BCUT2D eigenvalue weighted by Crippen LogP contribution is -2.22. The lowest BCUT2D eigenvalue weighted by atomic mass is 10.2. The van der Waals surface area contributed by atoms with Crippen molar-refractivity contribution in [2.75, 3.05) is 0 Å². The lowest BCUT2D eigenvalue weighted by molar-refractivity contribution is -0.144. The van der Waals surface area contributed by atoms with Gasteiger partial charge in [-0.05, 0) is 55.0 Å². The molecule has 4 nitrogen and oxygen atoms in total. The maximum absolute atomic E-state index is 10.7. The molecule has 0 aliphatic rings. The van der Waals surface area contributed by atoms with Crippen LogP contribution in [-0.4, -0.2) is 23.4 Å². The van der Waals surface area contributed by atoms with Crippen molar-refractivity contribution in [3.63, 3.8) is 0 Å². The number of carbonyl (C=O) groups is 1. The highest BCUT2D eigenvalue weighted by Crippen LogP contribution is 2.19. The molecule has 1 atom stereocenters. The summed E-state index contributed by atoms with van der Waals surface area (Å²) in [6.45, 7) is 1.49. The van der Waals surface area contributed by atoms with Crippen LogP contribution in [0.4, 0.5) is 5.69 Å². The maximum Gasteiger partial charge on any atom is 0.344 e. The fourth-order valence-electron chi connectivity index (χ4n) is 1.59. The van der Waals surface area contributed by atoms with E-state index in [2.05, 4.69) is 20.9 Å². The van der Waals surface area contributed by atoms with Gasteiger partial charge in [-0.25, -0.2) is 4.79 Å². The molecule has 0 saturated heterocycles. The van der Waals surface area contributed by atoms with Gasteiger partial charge in [0, 0.05) is 10.7 Å². The summed E-state index contributed by atoms with van der Waals surface area (Å²) in [4.78, 5) is 15.1. The highest BCUT2D eigenvalue weighted by molar-refractivity contribution is 9.10. The van der Waals surface area contributed by atoms with Crippen molar-refractivity contribution in [1.82, 2.24) is 0 Å². The van der Waals surface area contributed by atoms with Crippen LogP contribution in [0.1, 0.15) is 12.5 Å². The molecule has 21 heavy (non-hydrogen) atoms. The van der Waals surface area contributed by atoms with Crippen LogP contribution >= 0.6 is 15.9 Å². The van der Waals surface area contributed by atoms with E-state index in [1.54, 1.807) is 18.3 Å². The molecule has 2 aromatic carbocycles. The zero-order valence-corrected chi connectivity index (χ0v) is 12.9. The van der Waals surface area contributed by atoms with E-state index in [0.717, 1.165) is 15.7 Å². The topological polar surface area (TPSA) is 58.9 Å². The fraction of sp³-hybridized carbons (Fsp3) is 0.125. The summed E-state index contributed by atoms with van der Waals surface area (Å²) in [6, 6.07) is 14.8. The zero-order valence-electron chi connectivity index (χ0n) is 11.4. The smallest absolute Gasteiger partial charge is 0.344 e. The SMILES string of the molecule is C[C@@H](Oc1ccc(C=Nc2cccc(Br)c2)cc1)C(=O)O. The largest absolute Gasteiger partial charge is 0.479 e. The molecule has 0 aliphatic carbocycles. The Hall–Kier alpha value is -2.14. The van der Waals surface area contributed by atoms with Crippen LogP contribution in [-0.2, 0) is 4.79 Å². The van der Waals surface area contributed by atoms with E-state index in [1.165, 1.54) is 6.92 Å². The predicted molar refractivity (Wildman–Crippen MR) is 85.6 cm³/mol. The highest BCUT2D eigenvalue weighted by atomic mass is 79.9. The van der Waals surface area contributed by atoms with Gasteiger partial charge < -0.3 is 9.84 Å². The van der Waals surface area contributed by atoms with Gasteiger partial charge in [-0.2, -0.15) is 0 Å². The number of hydrogen-bond acceptors (Lipinski definition) is 3. The first-order valence-electron chi connectivity index (χ1n) is 6.34. The molecule has 1 N–H and O–H groups in total. The van der Waals surface area contributed by atoms with Gasteiger partial charge in [0.05, 0.1) is 5.69 Å². The molecule has 0 saturated carbocycles. The molecule has 2 aromatic rings. The summed E-state index contributed by atoms with van der Waals surface area (Å²) in [5.41, 5.74) is 1.76. The van der Waals surface area contributed by atoms with E-state index in [1.807, 2.05) is 36.4 Å². The van der Waals surface area contributed by atoms with Crippen molar-refractivity contribution in [3.8, 4) is 5.75 Å². The number of aliphatic carboxylic acids is 1. The van der Waals surface area contributed by atoms with Crippen molar-refractivity contribution in [1.29, 1.82) is 0 Å². The van der Waals surface area contributed by atoms with Gasteiger partial charge in [-0.3, -0.25) is 4.99 Å². The standard InChI is InChI=1S/C16H14BrNO3/c1-11(16(19)20)21-15-7-5-12(6-8-15)10-18-14-4-2-3-13(17)9-14/h2-11H,1H3,(H,19,20)/t11-/m1/s1. The molecule has 108 valence electrons. The molecule has 0 spiro atoms. The number of rotatable bonds is 5. The fourth-order valence-corrected chi connectivity index (χ4v) is 1.98. The third-order valence-electron chi connectivity index (χ3n) is 2.71. The van der Waals surface area contributed by atoms with E-state index < -0.39 is 12.1 Å². The average molecular weight is 348 g/mol. The molecular weight excluding hydrogens is 334 g/mol. The second kappa shape index (κ2) is 7.04. The zero-order chi connectivity index (χ0) is 15.2. The van der Waals surface area contributed by atoms with Gasteiger partial charge >= 0.3 is 5.97 Å². The minimum absolute atomic E-state index is 0.518. The monoisotopic (exact) mass is 347 g/mol. The number of nitrogens with zero attached hydrogens (tertiary/aromatic N) is 1. The van der Waals surface area contributed by atoms with Crippen LogP contribution in [0.15, 0.2) is 58.0 Å². The Labute approximate surface area is 131 Å². The normalized spacial score (nSPS) is 12.3. The Morgan fingerprint density at radius 2 is 2.00 bits per heavy atom. The van der Waals surface area contributed by atoms with Crippen LogP contribution in [0.25, 0.3) is 0 Å². The van der Waals surface area contributed by atoms with Gasteiger partial charge in [0.2, 0.25) is 0 Å². The van der Waals surface area contributed by atoms with E-state index in [0.29, 0.717) is 5.75 Å². The van der Waals surface area contributed by atoms with E-state index in [4.69, 9.17) is 9.84 Å². The van der Waals surface area contributed by atoms with Crippen LogP contribution in [0.2, 0.25) is 0 Å². The van der Waals surface area contributed by atoms with Crippen LogP contribution in [0, 0.1) is 0 Å². The summed E-state index contributed by atoms with van der Waals surface area (Å²) >= 11 is 3.39. The first kappa shape index (κ1) is 15.3. The molecule has 0 fully saturated rings. The minimum atomic E-state index is -0.990. The van der Waals surface area contributed by atoms with Crippen molar-refractivity contribution in [2.24, 2.45) is 4.99 Å².